The van der Waals surface area contributed by atoms with Gasteiger partial charge < -0.3 is 9.88 Å². The summed E-state index contributed by atoms with van der Waals surface area (Å²) in [5, 5.41) is 3.33. The first-order chi connectivity index (χ1) is 10.1. The number of anilines is 1. The molecule has 21 heavy (non-hydrogen) atoms. The summed E-state index contributed by atoms with van der Waals surface area (Å²) in [6.07, 6.45) is 3.88. The van der Waals surface area contributed by atoms with Gasteiger partial charge in [0.05, 0.1) is 12.0 Å². The van der Waals surface area contributed by atoms with Crippen LogP contribution in [0.1, 0.15) is 18.1 Å². The minimum atomic E-state index is -3.64. The zero-order chi connectivity index (χ0) is 14.9. The van der Waals surface area contributed by atoms with E-state index in [4.69, 9.17) is 0 Å². The Morgan fingerprint density at radius 1 is 1.43 bits per heavy atom. The summed E-state index contributed by atoms with van der Waals surface area (Å²) in [5.74, 6) is 0. The number of nitrogens with zero attached hydrogens (tertiary/aromatic N) is 2. The maximum Gasteiger partial charge on any atom is 0.280 e. The molecule has 1 aromatic heterocycles. The number of nitrogens with one attached hydrogen (secondary N) is 2. The molecule has 2 N–H and O–H groups in total. The van der Waals surface area contributed by atoms with Crippen molar-refractivity contribution in [1.29, 1.82) is 0 Å². The summed E-state index contributed by atoms with van der Waals surface area (Å²) in [5.41, 5.74) is 2.86. The third kappa shape index (κ3) is 2.79. The molecule has 112 valence electrons. The normalized spacial score (nSPS) is 14.7. The molecule has 0 saturated heterocycles. The van der Waals surface area contributed by atoms with E-state index < -0.39 is 10.0 Å². The molecule has 0 spiro atoms. The lowest BCUT2D eigenvalue weighted by Gasteiger charge is -2.20. The smallest absolute Gasteiger partial charge is 0.280 e. The Balaban J connectivity index is 1.92. The average Bonchev–Trinajstić information content (AvgIpc) is 2.97. The number of rotatable bonds is 4. The van der Waals surface area contributed by atoms with Crippen molar-refractivity contribution < 1.29 is 8.42 Å². The standard InChI is InChI=1S/C14H18N4O2S/c1-2-18-9-14(16-10-18)21(19,20)17-13-5-3-4-11-8-15-7-6-12(11)13/h3-5,9-10,15,17H,2,6-8H2,1H3. The zero-order valence-corrected chi connectivity index (χ0v) is 12.7. The van der Waals surface area contributed by atoms with Gasteiger partial charge in [-0.2, -0.15) is 8.42 Å². The molecule has 0 unspecified atom stereocenters. The van der Waals surface area contributed by atoms with Gasteiger partial charge in [-0.25, -0.2) is 4.98 Å². The summed E-state index contributed by atoms with van der Waals surface area (Å²) < 4.78 is 29.2. The molecule has 6 nitrogen and oxygen atoms in total. The number of hydrogen-bond acceptors (Lipinski definition) is 4. The van der Waals surface area contributed by atoms with E-state index in [1.807, 2.05) is 19.1 Å². The molecule has 3 rings (SSSR count). The molecule has 0 atom stereocenters. The average molecular weight is 306 g/mol. The van der Waals surface area contributed by atoms with Gasteiger partial charge in [0.15, 0.2) is 5.03 Å². The van der Waals surface area contributed by atoms with E-state index in [1.54, 1.807) is 16.8 Å². The van der Waals surface area contributed by atoms with Gasteiger partial charge in [-0.15, -0.1) is 0 Å². The zero-order valence-electron chi connectivity index (χ0n) is 11.8. The predicted molar refractivity (Wildman–Crippen MR) is 80.6 cm³/mol. The van der Waals surface area contributed by atoms with Crippen LogP contribution in [-0.2, 0) is 29.5 Å². The van der Waals surface area contributed by atoms with Crippen molar-refractivity contribution in [2.75, 3.05) is 11.3 Å². The van der Waals surface area contributed by atoms with E-state index in [1.165, 1.54) is 6.33 Å². The van der Waals surface area contributed by atoms with Crippen LogP contribution in [0.3, 0.4) is 0 Å². The fourth-order valence-corrected chi connectivity index (χ4v) is 3.52. The van der Waals surface area contributed by atoms with Crippen LogP contribution in [-0.4, -0.2) is 24.5 Å². The molecule has 2 aromatic rings. The molecule has 0 fully saturated rings. The molecule has 0 radical (unpaired) electrons. The van der Waals surface area contributed by atoms with Crippen molar-refractivity contribution in [2.24, 2.45) is 0 Å². The summed E-state index contributed by atoms with van der Waals surface area (Å²) in [7, 11) is -3.64. The van der Waals surface area contributed by atoms with Gasteiger partial charge in [0, 0.05) is 19.3 Å². The molecule has 2 heterocycles. The second-order valence-corrected chi connectivity index (χ2v) is 6.65. The minimum Gasteiger partial charge on any atom is -0.336 e. The number of sulfonamides is 1. The van der Waals surface area contributed by atoms with Crippen molar-refractivity contribution >= 4 is 15.7 Å². The topological polar surface area (TPSA) is 76.0 Å². The highest BCUT2D eigenvalue weighted by atomic mass is 32.2. The lowest BCUT2D eigenvalue weighted by Crippen LogP contribution is -2.25. The van der Waals surface area contributed by atoms with Gasteiger partial charge in [-0.3, -0.25) is 4.72 Å². The first kappa shape index (κ1) is 14.1. The fraction of sp³-hybridized carbons (Fsp3) is 0.357. The van der Waals surface area contributed by atoms with Crippen molar-refractivity contribution in [3.8, 4) is 0 Å². The van der Waals surface area contributed by atoms with Gasteiger partial charge in [-0.1, -0.05) is 12.1 Å². The highest BCUT2D eigenvalue weighted by molar-refractivity contribution is 7.92. The van der Waals surface area contributed by atoms with Crippen LogP contribution in [0, 0.1) is 0 Å². The number of benzene rings is 1. The largest absolute Gasteiger partial charge is 0.336 e. The van der Waals surface area contributed by atoms with Gasteiger partial charge in [0.25, 0.3) is 10.0 Å². The molecular formula is C14H18N4O2S. The number of hydrogen-bond donors (Lipinski definition) is 2. The molecular weight excluding hydrogens is 288 g/mol. The van der Waals surface area contributed by atoms with Crippen LogP contribution in [0.2, 0.25) is 0 Å². The van der Waals surface area contributed by atoms with Crippen molar-refractivity contribution in [3.05, 3.63) is 41.9 Å². The Morgan fingerprint density at radius 2 is 2.29 bits per heavy atom. The molecule has 0 aliphatic carbocycles. The molecule has 0 saturated carbocycles. The van der Waals surface area contributed by atoms with Crippen LogP contribution in [0.5, 0.6) is 0 Å². The van der Waals surface area contributed by atoms with Crippen LogP contribution in [0.15, 0.2) is 35.7 Å². The Labute approximate surface area is 124 Å². The molecule has 1 aliphatic heterocycles. The third-order valence-corrected chi connectivity index (χ3v) is 4.88. The minimum absolute atomic E-state index is 0.0517. The summed E-state index contributed by atoms with van der Waals surface area (Å²) >= 11 is 0. The van der Waals surface area contributed by atoms with Crippen molar-refractivity contribution in [1.82, 2.24) is 14.9 Å². The Kier molecular flexibility index (Phi) is 3.69. The highest BCUT2D eigenvalue weighted by Gasteiger charge is 2.20. The van der Waals surface area contributed by atoms with Gasteiger partial charge in [0.2, 0.25) is 0 Å². The second-order valence-electron chi connectivity index (χ2n) is 5.02. The van der Waals surface area contributed by atoms with Crippen LogP contribution in [0.4, 0.5) is 5.69 Å². The van der Waals surface area contributed by atoms with E-state index in [2.05, 4.69) is 15.0 Å². The molecule has 7 heteroatoms. The van der Waals surface area contributed by atoms with Gasteiger partial charge >= 0.3 is 0 Å². The SMILES string of the molecule is CCn1cnc(S(=O)(=O)Nc2cccc3c2CCNC3)c1. The quantitative estimate of drug-likeness (QED) is 0.894. The first-order valence-corrected chi connectivity index (χ1v) is 8.44. The predicted octanol–water partition coefficient (Wildman–Crippen LogP) is 1.35. The van der Waals surface area contributed by atoms with E-state index in [0.29, 0.717) is 12.2 Å². The van der Waals surface area contributed by atoms with Crippen LogP contribution >= 0.6 is 0 Å². The summed E-state index contributed by atoms with van der Waals surface area (Å²) in [4.78, 5) is 3.97. The molecule has 0 bridgehead atoms. The van der Waals surface area contributed by atoms with Gasteiger partial charge in [-0.05, 0) is 37.1 Å². The third-order valence-electron chi connectivity index (χ3n) is 3.63. The van der Waals surface area contributed by atoms with Crippen molar-refractivity contribution in [2.45, 2.75) is 31.5 Å². The van der Waals surface area contributed by atoms with E-state index >= 15 is 0 Å². The Hall–Kier alpha value is -1.86. The lowest BCUT2D eigenvalue weighted by atomic mass is 9.99. The monoisotopic (exact) mass is 306 g/mol. The fourth-order valence-electron chi connectivity index (χ4n) is 2.48. The van der Waals surface area contributed by atoms with Crippen LogP contribution < -0.4 is 10.0 Å². The highest BCUT2D eigenvalue weighted by Crippen LogP contribution is 2.25. The second kappa shape index (κ2) is 5.50. The van der Waals surface area contributed by atoms with Gasteiger partial charge in [0.1, 0.15) is 0 Å². The Bertz CT molecular complexity index is 752. The molecule has 0 amide bonds. The molecule has 1 aromatic carbocycles. The van der Waals surface area contributed by atoms with E-state index in [9.17, 15) is 8.42 Å². The maximum absolute atomic E-state index is 12.4. The van der Waals surface area contributed by atoms with E-state index in [-0.39, 0.29) is 5.03 Å². The molecule has 1 aliphatic rings. The van der Waals surface area contributed by atoms with Crippen LogP contribution in [0.25, 0.3) is 0 Å². The Morgan fingerprint density at radius 3 is 3.05 bits per heavy atom. The first-order valence-electron chi connectivity index (χ1n) is 6.96. The number of fused-ring (bicyclic) bond motifs is 1. The number of imidazole rings is 1. The lowest BCUT2D eigenvalue weighted by molar-refractivity contribution is 0.597. The van der Waals surface area contributed by atoms with E-state index in [0.717, 1.165) is 30.6 Å². The number of aryl methyl sites for hydroxylation is 1. The van der Waals surface area contributed by atoms with Crippen molar-refractivity contribution in [3.63, 3.8) is 0 Å². The summed E-state index contributed by atoms with van der Waals surface area (Å²) in [6.45, 7) is 4.26. The summed E-state index contributed by atoms with van der Waals surface area (Å²) in [6, 6.07) is 5.69. The number of aromatic nitrogens is 2. The maximum atomic E-state index is 12.4.